The van der Waals surface area contributed by atoms with E-state index in [9.17, 15) is 4.79 Å². The van der Waals surface area contributed by atoms with E-state index in [1.807, 2.05) is 30.3 Å². The molecule has 2 nitrogen and oxygen atoms in total. The first-order valence-electron chi connectivity index (χ1n) is 6.70. The number of hydrogen-bond acceptors (Lipinski definition) is 2. The Kier molecular flexibility index (Phi) is 4.72. The zero-order valence-corrected chi connectivity index (χ0v) is 11.6. The third kappa shape index (κ3) is 3.58. The Hall–Kier alpha value is -2.35. The van der Waals surface area contributed by atoms with Gasteiger partial charge >= 0.3 is 5.97 Å². The van der Waals surface area contributed by atoms with E-state index in [-0.39, 0.29) is 5.97 Å². The topological polar surface area (TPSA) is 26.3 Å². The van der Waals surface area contributed by atoms with E-state index < -0.39 is 0 Å². The van der Waals surface area contributed by atoms with Gasteiger partial charge in [0.15, 0.2) is 0 Å². The van der Waals surface area contributed by atoms with Crippen LogP contribution in [0.3, 0.4) is 0 Å². The molecule has 20 heavy (non-hydrogen) atoms. The lowest BCUT2D eigenvalue weighted by molar-refractivity contribution is -0.138. The van der Waals surface area contributed by atoms with Crippen LogP contribution in [0, 0.1) is 0 Å². The molecule has 0 aromatic heterocycles. The summed E-state index contributed by atoms with van der Waals surface area (Å²) in [5, 5.41) is 0. The van der Waals surface area contributed by atoms with Gasteiger partial charge in [-0.1, -0.05) is 61.2 Å². The van der Waals surface area contributed by atoms with Gasteiger partial charge in [0.05, 0.1) is 6.61 Å². The molecule has 102 valence electrons. The maximum atomic E-state index is 11.5. The first-order valence-corrected chi connectivity index (χ1v) is 6.70. The van der Waals surface area contributed by atoms with Gasteiger partial charge < -0.3 is 4.74 Å². The number of carbonyl (C=O) groups is 1. The van der Waals surface area contributed by atoms with Crippen molar-refractivity contribution in [3.05, 3.63) is 72.3 Å². The Morgan fingerprint density at radius 3 is 2.20 bits per heavy atom. The van der Waals surface area contributed by atoms with E-state index in [1.54, 1.807) is 6.92 Å². The summed E-state index contributed by atoms with van der Waals surface area (Å²) in [5.74, 6) is -0.320. The lowest BCUT2D eigenvalue weighted by Gasteiger charge is -2.07. The van der Waals surface area contributed by atoms with Gasteiger partial charge in [-0.05, 0) is 23.6 Å². The Morgan fingerprint density at radius 1 is 1.00 bits per heavy atom. The summed E-state index contributed by atoms with van der Waals surface area (Å²) in [6.45, 7) is 5.95. The predicted octanol–water partition coefficient (Wildman–Crippen LogP) is 4.02. The minimum absolute atomic E-state index is 0.320. The number of hydrogen-bond donors (Lipinski definition) is 0. The van der Waals surface area contributed by atoms with E-state index in [2.05, 4.69) is 30.8 Å². The van der Waals surface area contributed by atoms with Gasteiger partial charge in [0, 0.05) is 12.0 Å². The Morgan fingerprint density at radius 2 is 1.60 bits per heavy atom. The van der Waals surface area contributed by atoms with Crippen molar-refractivity contribution < 1.29 is 9.53 Å². The van der Waals surface area contributed by atoms with E-state index in [0.29, 0.717) is 18.6 Å². The Labute approximate surface area is 119 Å². The van der Waals surface area contributed by atoms with Crippen LogP contribution >= 0.6 is 0 Å². The molecule has 0 fully saturated rings. The first-order chi connectivity index (χ1) is 9.70. The fourth-order valence-electron chi connectivity index (χ4n) is 2.00. The summed E-state index contributed by atoms with van der Waals surface area (Å²) < 4.78 is 4.93. The van der Waals surface area contributed by atoms with Crippen LogP contribution in [0.5, 0.6) is 0 Å². The largest absolute Gasteiger partial charge is 0.463 e. The van der Waals surface area contributed by atoms with Crippen LogP contribution in [0.4, 0.5) is 0 Å². The molecule has 0 atom stereocenters. The third-order valence-electron chi connectivity index (χ3n) is 3.04. The third-order valence-corrected chi connectivity index (χ3v) is 3.04. The molecular formula is C18H18O2. The normalized spacial score (nSPS) is 10.1. The van der Waals surface area contributed by atoms with Crippen molar-refractivity contribution >= 4 is 5.97 Å². The maximum absolute atomic E-state index is 11.5. The second kappa shape index (κ2) is 6.71. The summed E-state index contributed by atoms with van der Waals surface area (Å²) in [4.78, 5) is 11.5. The van der Waals surface area contributed by atoms with Crippen molar-refractivity contribution in [3.63, 3.8) is 0 Å². The van der Waals surface area contributed by atoms with Gasteiger partial charge in [-0.2, -0.15) is 0 Å². The summed E-state index contributed by atoms with van der Waals surface area (Å²) in [6.07, 6.45) is 0.522. The van der Waals surface area contributed by atoms with Crippen molar-refractivity contribution in [3.8, 4) is 11.1 Å². The smallest absolute Gasteiger partial charge is 0.333 e. The van der Waals surface area contributed by atoms with Crippen molar-refractivity contribution in [2.45, 2.75) is 13.3 Å². The fraction of sp³-hybridized carbons (Fsp3) is 0.167. The lowest BCUT2D eigenvalue weighted by Crippen LogP contribution is -2.08. The number of benzene rings is 2. The van der Waals surface area contributed by atoms with Gasteiger partial charge in [-0.15, -0.1) is 0 Å². The zero-order chi connectivity index (χ0) is 14.4. The molecule has 0 aliphatic heterocycles. The summed E-state index contributed by atoms with van der Waals surface area (Å²) in [5.41, 5.74) is 3.89. The van der Waals surface area contributed by atoms with Crippen LogP contribution in [0.15, 0.2) is 66.7 Å². The number of rotatable bonds is 5. The van der Waals surface area contributed by atoms with Gasteiger partial charge in [-0.3, -0.25) is 0 Å². The second-order valence-corrected chi connectivity index (χ2v) is 4.56. The molecule has 2 aromatic rings. The molecule has 0 bridgehead atoms. The van der Waals surface area contributed by atoms with E-state index in [0.717, 1.165) is 11.1 Å². The van der Waals surface area contributed by atoms with E-state index >= 15 is 0 Å². The molecule has 0 radical (unpaired) electrons. The van der Waals surface area contributed by atoms with Gasteiger partial charge in [0.1, 0.15) is 0 Å². The van der Waals surface area contributed by atoms with Crippen molar-refractivity contribution in [2.24, 2.45) is 0 Å². The highest BCUT2D eigenvalue weighted by Crippen LogP contribution is 2.20. The molecule has 0 amide bonds. The summed E-state index contributed by atoms with van der Waals surface area (Å²) >= 11 is 0. The van der Waals surface area contributed by atoms with Gasteiger partial charge in [0.2, 0.25) is 0 Å². The van der Waals surface area contributed by atoms with Gasteiger partial charge in [0.25, 0.3) is 0 Å². The first kappa shape index (κ1) is 14.1. The fourth-order valence-corrected chi connectivity index (χ4v) is 2.00. The van der Waals surface area contributed by atoms with Crippen molar-refractivity contribution in [1.29, 1.82) is 0 Å². The molecule has 0 spiro atoms. The quantitative estimate of drug-likeness (QED) is 0.603. The van der Waals surface area contributed by atoms with Crippen LogP contribution in [0.25, 0.3) is 11.1 Å². The minimum atomic E-state index is -0.320. The SMILES string of the molecule is C=C(Cc1ccc(-c2ccccc2)cc1)C(=O)OCC. The van der Waals surface area contributed by atoms with Crippen molar-refractivity contribution in [1.82, 2.24) is 0 Å². The monoisotopic (exact) mass is 266 g/mol. The summed E-state index contributed by atoms with van der Waals surface area (Å²) in [6, 6.07) is 18.4. The van der Waals surface area contributed by atoms with Crippen LogP contribution in [-0.2, 0) is 16.0 Å². The minimum Gasteiger partial charge on any atom is -0.463 e. The summed E-state index contributed by atoms with van der Waals surface area (Å²) in [7, 11) is 0. The second-order valence-electron chi connectivity index (χ2n) is 4.56. The molecule has 2 rings (SSSR count). The predicted molar refractivity (Wildman–Crippen MR) is 81.4 cm³/mol. The van der Waals surface area contributed by atoms with Gasteiger partial charge in [-0.25, -0.2) is 4.79 Å². The van der Waals surface area contributed by atoms with Crippen molar-refractivity contribution in [2.75, 3.05) is 6.61 Å². The van der Waals surface area contributed by atoms with Crippen LogP contribution in [-0.4, -0.2) is 12.6 Å². The van der Waals surface area contributed by atoms with E-state index in [4.69, 9.17) is 4.74 Å². The number of carbonyl (C=O) groups excluding carboxylic acids is 1. The zero-order valence-electron chi connectivity index (χ0n) is 11.6. The molecule has 0 N–H and O–H groups in total. The van der Waals surface area contributed by atoms with E-state index in [1.165, 1.54) is 5.56 Å². The molecular weight excluding hydrogens is 248 g/mol. The highest BCUT2D eigenvalue weighted by Gasteiger charge is 2.08. The highest BCUT2D eigenvalue weighted by atomic mass is 16.5. The average molecular weight is 266 g/mol. The lowest BCUT2D eigenvalue weighted by atomic mass is 10.0. The number of esters is 1. The Bertz CT molecular complexity index is 583. The Balaban J connectivity index is 2.06. The molecule has 0 aliphatic carbocycles. The van der Waals surface area contributed by atoms with Crippen LogP contribution in [0.1, 0.15) is 12.5 Å². The molecule has 0 saturated heterocycles. The standard InChI is InChI=1S/C18H18O2/c1-3-20-18(19)14(2)13-15-9-11-17(12-10-15)16-7-5-4-6-8-16/h4-12H,2-3,13H2,1H3. The van der Waals surface area contributed by atoms with Crippen LogP contribution in [0.2, 0.25) is 0 Å². The molecule has 0 heterocycles. The molecule has 0 aliphatic rings. The maximum Gasteiger partial charge on any atom is 0.333 e. The van der Waals surface area contributed by atoms with Crippen LogP contribution < -0.4 is 0 Å². The molecule has 0 unspecified atom stereocenters. The molecule has 2 heteroatoms. The highest BCUT2D eigenvalue weighted by molar-refractivity contribution is 5.88. The molecule has 0 saturated carbocycles. The number of ether oxygens (including phenoxy) is 1. The molecule has 2 aromatic carbocycles. The average Bonchev–Trinajstić information content (AvgIpc) is 2.49.